The van der Waals surface area contributed by atoms with Gasteiger partial charge in [-0.15, -0.1) is 8.37 Å². The van der Waals surface area contributed by atoms with Crippen LogP contribution in [0.3, 0.4) is 0 Å². The van der Waals surface area contributed by atoms with Gasteiger partial charge in [0.2, 0.25) is 0 Å². The highest BCUT2D eigenvalue weighted by molar-refractivity contribution is 7.88. The van der Waals surface area contributed by atoms with Crippen LogP contribution in [0, 0.1) is 0 Å². The summed E-state index contributed by atoms with van der Waals surface area (Å²) in [6.07, 6.45) is 0.147. The third-order valence-corrected chi connectivity index (χ3v) is 4.94. The lowest BCUT2D eigenvalue weighted by Crippen LogP contribution is -2.46. The molecule has 0 saturated carbocycles. The lowest BCUT2D eigenvalue weighted by Gasteiger charge is -2.28. The predicted octanol–water partition coefficient (Wildman–Crippen LogP) is 0.201. The van der Waals surface area contributed by atoms with Crippen molar-refractivity contribution in [3.8, 4) is 0 Å². The van der Waals surface area contributed by atoms with Gasteiger partial charge in [-0.3, -0.25) is 9.69 Å². The van der Waals surface area contributed by atoms with E-state index in [0.717, 1.165) is 0 Å². The van der Waals surface area contributed by atoms with Gasteiger partial charge in [0.25, 0.3) is 0 Å². The van der Waals surface area contributed by atoms with E-state index in [4.69, 9.17) is 8.37 Å². The van der Waals surface area contributed by atoms with Crippen molar-refractivity contribution in [2.75, 3.05) is 26.3 Å². The van der Waals surface area contributed by atoms with Gasteiger partial charge in [0.15, 0.2) is 5.25 Å². The van der Waals surface area contributed by atoms with E-state index in [1.54, 1.807) is 11.8 Å². The molecule has 0 aromatic heterocycles. The summed E-state index contributed by atoms with van der Waals surface area (Å²) in [4.78, 5) is 23.6. The second kappa shape index (κ2) is 11.7. The summed E-state index contributed by atoms with van der Waals surface area (Å²) >= 11 is -0.625. The Hall–Kier alpha value is -0.830. The number of rotatable bonds is 13. The zero-order valence-corrected chi connectivity index (χ0v) is 14.6. The average molecular weight is 337 g/mol. The molecule has 0 rings (SSSR count). The summed E-state index contributed by atoms with van der Waals surface area (Å²) in [6.45, 7) is 9.59. The number of aliphatic carboxylic acids is 2. The number of carboxylic acids is 2. The Labute approximate surface area is 135 Å². The minimum atomic E-state index is -1.36. The van der Waals surface area contributed by atoms with E-state index in [1.807, 2.05) is 20.8 Å². The number of hydrogen-bond acceptors (Lipinski definition) is 6. The van der Waals surface area contributed by atoms with Crippen LogP contribution in [-0.4, -0.2) is 59.5 Å². The molecule has 7 nitrogen and oxygen atoms in total. The Morgan fingerprint density at radius 2 is 1.77 bits per heavy atom. The smallest absolute Gasteiger partial charge is 0.321 e. The van der Waals surface area contributed by atoms with E-state index in [-0.39, 0.29) is 5.25 Å². The molecule has 1 unspecified atom stereocenters. The molecule has 0 heterocycles. The first kappa shape index (κ1) is 21.2. The van der Waals surface area contributed by atoms with Crippen LogP contribution in [0.1, 0.15) is 40.5 Å². The van der Waals surface area contributed by atoms with Crippen LogP contribution in [0.4, 0.5) is 0 Å². The van der Waals surface area contributed by atoms with Crippen LogP contribution in [0.2, 0.25) is 0 Å². The fourth-order valence-electron chi connectivity index (χ4n) is 2.01. The molecule has 2 atom stereocenters. The van der Waals surface area contributed by atoms with Crippen molar-refractivity contribution in [3.05, 3.63) is 0 Å². The quantitative estimate of drug-likeness (QED) is 0.479. The van der Waals surface area contributed by atoms with Gasteiger partial charge in [0, 0.05) is 25.4 Å². The Morgan fingerprint density at radius 3 is 2.14 bits per heavy atom. The van der Waals surface area contributed by atoms with Gasteiger partial charge in [0.05, 0.1) is 0 Å². The third-order valence-electron chi connectivity index (χ3n) is 3.11. The second-order valence-corrected chi connectivity index (χ2v) is 6.53. The van der Waals surface area contributed by atoms with Crippen molar-refractivity contribution < 1.29 is 28.2 Å². The molecule has 0 spiro atoms. The maximum atomic E-state index is 11.2. The summed E-state index contributed by atoms with van der Waals surface area (Å²) in [5.41, 5.74) is 0. The summed E-state index contributed by atoms with van der Waals surface area (Å²) in [7, 11) is 0. The van der Waals surface area contributed by atoms with E-state index >= 15 is 0 Å². The molecule has 0 aromatic rings. The van der Waals surface area contributed by atoms with Crippen molar-refractivity contribution in [1.29, 1.82) is 0 Å². The van der Waals surface area contributed by atoms with E-state index in [1.165, 1.54) is 0 Å². The summed E-state index contributed by atoms with van der Waals surface area (Å²) < 4.78 is 11.1. The minimum absolute atomic E-state index is 0.103. The fraction of sp³-hybridized carbons (Fsp3) is 0.857. The maximum absolute atomic E-state index is 11.2. The zero-order valence-electron chi connectivity index (χ0n) is 13.7. The first-order valence-electron chi connectivity index (χ1n) is 7.53. The van der Waals surface area contributed by atoms with Crippen molar-refractivity contribution in [1.82, 2.24) is 4.90 Å². The first-order valence-corrected chi connectivity index (χ1v) is 8.67. The topological polar surface area (TPSA) is 99.1 Å². The Kier molecular flexibility index (Phi) is 11.3. The van der Waals surface area contributed by atoms with Gasteiger partial charge in [0.1, 0.15) is 19.3 Å². The van der Waals surface area contributed by atoms with Crippen LogP contribution in [0.25, 0.3) is 0 Å². The van der Waals surface area contributed by atoms with Crippen LogP contribution < -0.4 is 5.11 Å². The monoisotopic (exact) mass is 337 g/mol. The summed E-state index contributed by atoms with van der Waals surface area (Å²) in [5.74, 6) is -2.50. The van der Waals surface area contributed by atoms with E-state index in [9.17, 15) is 19.8 Å². The molecule has 130 valence electrons. The summed E-state index contributed by atoms with van der Waals surface area (Å²) in [5, 5.41) is 20.0. The molecule has 0 saturated heterocycles. The number of nitrogens with zero attached hydrogens (tertiary/aromatic N) is 1. The van der Waals surface area contributed by atoms with Gasteiger partial charge in [-0.2, -0.15) is 0 Å². The SMILES string of the molecule is CCO[S+](OCC)C(C)CCN(CC)[C@@H](CC(=O)[O-])C(=O)O. The van der Waals surface area contributed by atoms with Gasteiger partial charge >= 0.3 is 17.4 Å². The molecule has 1 N–H and O–H groups in total. The standard InChI is InChI=1S/C14H27NO6S/c1-5-15(12(14(18)19)10-13(16)17)9-8-11(4)22(20-6-2)21-7-3/h11-12H,5-10H2,1-4H3,(H-,16,17,18,19)/t11?,12-/m0/s1. The average Bonchev–Trinajstić information content (AvgIpc) is 2.45. The van der Waals surface area contributed by atoms with Gasteiger partial charge in [-0.05, 0) is 27.3 Å². The van der Waals surface area contributed by atoms with Crippen molar-refractivity contribution in [2.45, 2.75) is 51.8 Å². The van der Waals surface area contributed by atoms with Gasteiger partial charge in [-0.1, -0.05) is 6.92 Å². The van der Waals surface area contributed by atoms with Crippen molar-refractivity contribution >= 4 is 23.4 Å². The molecule has 0 radical (unpaired) electrons. The largest absolute Gasteiger partial charge is 0.550 e. The molecule has 8 heteroatoms. The molecular weight excluding hydrogens is 310 g/mol. The summed E-state index contributed by atoms with van der Waals surface area (Å²) in [6, 6.07) is -1.07. The molecule has 0 amide bonds. The number of carbonyl (C=O) groups excluding carboxylic acids is 1. The Morgan fingerprint density at radius 1 is 1.23 bits per heavy atom. The first-order chi connectivity index (χ1) is 10.4. The fourth-order valence-corrected chi connectivity index (χ4v) is 3.30. The molecule has 0 aromatic carbocycles. The highest BCUT2D eigenvalue weighted by Gasteiger charge is 2.33. The van der Waals surface area contributed by atoms with Gasteiger partial charge in [-0.25, -0.2) is 0 Å². The highest BCUT2D eigenvalue weighted by Crippen LogP contribution is 2.15. The Bertz CT molecular complexity index is 335. The lowest BCUT2D eigenvalue weighted by molar-refractivity contribution is -0.306. The van der Waals surface area contributed by atoms with Crippen molar-refractivity contribution in [2.24, 2.45) is 0 Å². The van der Waals surface area contributed by atoms with Crippen LogP contribution >= 0.6 is 0 Å². The van der Waals surface area contributed by atoms with Crippen LogP contribution in [0.15, 0.2) is 0 Å². The zero-order chi connectivity index (χ0) is 17.1. The second-order valence-electron chi connectivity index (χ2n) is 4.73. The van der Waals surface area contributed by atoms with Crippen LogP contribution in [-0.2, 0) is 29.4 Å². The third kappa shape index (κ3) is 7.98. The molecule has 0 aliphatic carbocycles. The van der Waals surface area contributed by atoms with Crippen molar-refractivity contribution in [3.63, 3.8) is 0 Å². The van der Waals surface area contributed by atoms with E-state index in [2.05, 4.69) is 0 Å². The number of hydrogen-bond donors (Lipinski definition) is 1. The Balaban J connectivity index is 4.64. The maximum Gasteiger partial charge on any atom is 0.321 e. The predicted molar refractivity (Wildman–Crippen MR) is 83.0 cm³/mol. The highest BCUT2D eigenvalue weighted by atomic mass is 32.2. The molecule has 22 heavy (non-hydrogen) atoms. The van der Waals surface area contributed by atoms with E-state index in [0.29, 0.717) is 32.7 Å². The van der Waals surface area contributed by atoms with Gasteiger partial charge < -0.3 is 15.0 Å². The lowest BCUT2D eigenvalue weighted by atomic mass is 10.1. The van der Waals surface area contributed by atoms with Crippen LogP contribution in [0.5, 0.6) is 0 Å². The molecule has 0 aliphatic rings. The molecule has 0 fully saturated rings. The number of carbonyl (C=O) groups is 2. The molecular formula is C14H27NO6S. The normalized spacial score (nSPS) is 14.3. The minimum Gasteiger partial charge on any atom is -0.550 e. The molecule has 0 bridgehead atoms. The van der Waals surface area contributed by atoms with E-state index < -0.39 is 35.9 Å². The number of carboxylic acid groups (broad SMARTS) is 2. The molecule has 0 aliphatic heterocycles. The number of likely N-dealkylation sites (N-methyl/N-ethyl adjacent to an activating group) is 1.